The van der Waals surface area contributed by atoms with E-state index in [1.165, 1.54) is 35.8 Å². The SMILES string of the molecule is C[Si](C)(C)[C]1[C]2CCCC[C]2[C]([Si](C)(C)C)C1=O.[CH]1[CH][CH][CH][CH]1.[Co]. The standard InChI is InChI=1S/C15H26OSi2.C5H5.Co/c1-17(2,3)14-11-9-7-8-10-12(11)15(13(14)16)18(4,5)6;1-2-4-5-3-1;/h7-10H2,1-6H3;1-5H;. The van der Waals surface area contributed by atoms with Gasteiger partial charge >= 0.3 is 0 Å². The van der Waals surface area contributed by atoms with E-state index in [1.54, 1.807) is 0 Å². The molecule has 134 valence electrons. The molecule has 0 bridgehead atoms. The van der Waals surface area contributed by atoms with Crippen LogP contribution in [0.4, 0.5) is 0 Å². The molecule has 3 rings (SSSR count). The third-order valence-corrected chi connectivity index (χ3v) is 8.64. The second-order valence-electron chi connectivity index (χ2n) is 8.71. The van der Waals surface area contributed by atoms with Crippen molar-refractivity contribution in [2.24, 2.45) is 0 Å². The van der Waals surface area contributed by atoms with Crippen LogP contribution < -0.4 is 0 Å². The molecule has 0 aromatic rings. The summed E-state index contributed by atoms with van der Waals surface area (Å²) in [6.45, 7) is 14.0. The van der Waals surface area contributed by atoms with Gasteiger partial charge in [0.1, 0.15) is 5.78 Å². The molecule has 0 heterocycles. The predicted molar refractivity (Wildman–Crippen MR) is 105 cm³/mol. The smallest absolute Gasteiger partial charge is 0.142 e. The predicted octanol–water partition coefficient (Wildman–Crippen LogP) is 5.21. The monoisotopic (exact) mass is 402 g/mol. The molecule has 4 heteroatoms. The molecule has 0 saturated heterocycles. The van der Waals surface area contributed by atoms with E-state index in [2.05, 4.69) is 39.3 Å². The van der Waals surface area contributed by atoms with Gasteiger partial charge in [-0.05, 0) is 56.8 Å². The van der Waals surface area contributed by atoms with Crippen LogP contribution in [0.25, 0.3) is 0 Å². The average Bonchev–Trinajstić information content (AvgIpc) is 3.04. The van der Waals surface area contributed by atoms with E-state index >= 15 is 0 Å². The van der Waals surface area contributed by atoms with Gasteiger partial charge in [-0.25, -0.2) is 0 Å². The number of carbonyl (C=O) groups is 1. The summed E-state index contributed by atoms with van der Waals surface area (Å²) in [6, 6.07) is 0. The molecule has 0 amide bonds. The Kier molecular flexibility index (Phi) is 8.50. The summed E-state index contributed by atoms with van der Waals surface area (Å²) in [6.07, 6.45) is 14.9. The topological polar surface area (TPSA) is 17.1 Å². The second-order valence-corrected chi connectivity index (χ2v) is 18.7. The van der Waals surface area contributed by atoms with Crippen LogP contribution in [-0.2, 0) is 21.6 Å². The van der Waals surface area contributed by atoms with E-state index < -0.39 is 16.1 Å². The zero-order valence-corrected chi connectivity index (χ0v) is 19.0. The van der Waals surface area contributed by atoms with Crippen molar-refractivity contribution in [3.63, 3.8) is 0 Å². The largest absolute Gasteiger partial charge is 0.299 e. The van der Waals surface area contributed by atoms with Crippen molar-refractivity contribution < 1.29 is 21.6 Å². The summed E-state index contributed by atoms with van der Waals surface area (Å²) in [4.78, 5) is 12.9. The number of hydrogen-bond acceptors (Lipinski definition) is 1. The van der Waals surface area contributed by atoms with E-state index in [0.717, 1.165) is 12.8 Å². The number of rotatable bonds is 2. The van der Waals surface area contributed by atoms with Crippen LogP contribution in [0.5, 0.6) is 0 Å². The molecule has 0 spiro atoms. The molecule has 0 atom stereocenters. The maximum atomic E-state index is 12.9. The van der Waals surface area contributed by atoms with Gasteiger partial charge in [0.05, 0.1) is 16.1 Å². The van der Waals surface area contributed by atoms with Crippen LogP contribution in [0, 0.1) is 55.0 Å². The average molecular weight is 403 g/mol. The Bertz CT molecular complexity index is 367. The van der Waals surface area contributed by atoms with E-state index in [4.69, 9.17) is 0 Å². The number of fused-ring (bicyclic) bond motifs is 1. The summed E-state index contributed by atoms with van der Waals surface area (Å²) in [7, 11) is -3.01. The first-order valence-electron chi connectivity index (χ1n) is 8.83. The summed E-state index contributed by atoms with van der Waals surface area (Å²) in [5.41, 5.74) is 2.55. The van der Waals surface area contributed by atoms with Crippen molar-refractivity contribution in [3.05, 3.63) is 55.0 Å². The Hall–Kier alpha value is 0.610. The number of ketones is 1. The molecular formula is C20H31CoOSi2. The normalized spacial score (nSPS) is 24.3. The molecule has 3 saturated carbocycles. The first kappa shape index (κ1) is 22.7. The Balaban J connectivity index is 0.000000412. The molecule has 3 aliphatic carbocycles. The minimum Gasteiger partial charge on any atom is -0.299 e. The Labute approximate surface area is 163 Å². The Morgan fingerprint density at radius 2 is 0.958 bits per heavy atom. The van der Waals surface area contributed by atoms with Gasteiger partial charge in [-0.1, -0.05) is 52.1 Å². The fourth-order valence-electron chi connectivity index (χ4n) is 3.76. The van der Waals surface area contributed by atoms with Gasteiger partial charge in [-0.3, -0.25) is 4.79 Å². The van der Waals surface area contributed by atoms with Gasteiger partial charge in [0.15, 0.2) is 0 Å². The van der Waals surface area contributed by atoms with Crippen LogP contribution in [0.1, 0.15) is 25.7 Å². The third kappa shape index (κ3) is 5.31. The van der Waals surface area contributed by atoms with Crippen LogP contribution >= 0.6 is 0 Å². The van der Waals surface area contributed by atoms with Gasteiger partial charge in [-0.2, -0.15) is 0 Å². The molecule has 0 aromatic heterocycles. The molecule has 3 fully saturated rings. The van der Waals surface area contributed by atoms with E-state index in [0.29, 0.717) is 5.78 Å². The second kappa shape index (κ2) is 9.01. The summed E-state index contributed by atoms with van der Waals surface area (Å²) < 4.78 is 0. The van der Waals surface area contributed by atoms with Crippen molar-refractivity contribution in [1.29, 1.82) is 0 Å². The molecule has 0 unspecified atom stereocenters. The van der Waals surface area contributed by atoms with Crippen LogP contribution in [0.2, 0.25) is 39.3 Å². The number of hydrogen-bond donors (Lipinski definition) is 0. The van der Waals surface area contributed by atoms with Crippen molar-refractivity contribution in [2.45, 2.75) is 65.0 Å². The van der Waals surface area contributed by atoms with Crippen molar-refractivity contribution in [3.8, 4) is 0 Å². The minimum atomic E-state index is -1.51. The molecular weight excluding hydrogens is 371 g/mol. The summed E-state index contributed by atoms with van der Waals surface area (Å²) >= 11 is 0. The van der Waals surface area contributed by atoms with Gasteiger partial charge in [0.2, 0.25) is 0 Å². The number of Topliss-reactive ketones (excluding diaryl/α,β-unsaturated/α-hetero) is 1. The minimum absolute atomic E-state index is 0. The molecule has 24 heavy (non-hydrogen) atoms. The molecule has 3 aliphatic rings. The fourth-order valence-corrected chi connectivity index (χ4v) is 7.86. The first-order chi connectivity index (χ1) is 10.6. The molecule has 0 aliphatic heterocycles. The quantitative estimate of drug-likeness (QED) is 0.579. The fraction of sp³-hybridized carbons (Fsp3) is 0.500. The van der Waals surface area contributed by atoms with E-state index in [1.807, 2.05) is 32.1 Å². The third-order valence-electron chi connectivity index (χ3n) is 4.58. The number of carbonyl (C=O) groups excluding carboxylic acids is 1. The Morgan fingerprint density at radius 1 is 0.667 bits per heavy atom. The molecule has 0 aromatic carbocycles. The van der Waals surface area contributed by atoms with Gasteiger partial charge in [0, 0.05) is 27.9 Å². The zero-order chi connectivity index (χ0) is 17.3. The van der Waals surface area contributed by atoms with Gasteiger partial charge in [0.25, 0.3) is 0 Å². The summed E-state index contributed by atoms with van der Waals surface area (Å²) in [5, 5.41) is 0. The van der Waals surface area contributed by atoms with Crippen LogP contribution in [0.15, 0.2) is 0 Å². The first-order valence-corrected chi connectivity index (χ1v) is 15.8. The maximum absolute atomic E-state index is 12.9. The molecule has 1 nitrogen and oxygen atoms in total. The van der Waals surface area contributed by atoms with Gasteiger partial charge in [-0.15, -0.1) is 0 Å². The van der Waals surface area contributed by atoms with Gasteiger partial charge < -0.3 is 0 Å². The van der Waals surface area contributed by atoms with E-state index in [-0.39, 0.29) is 16.8 Å². The van der Waals surface area contributed by atoms with Crippen molar-refractivity contribution in [2.75, 3.05) is 0 Å². The van der Waals surface area contributed by atoms with Crippen molar-refractivity contribution >= 4 is 21.9 Å². The van der Waals surface area contributed by atoms with Crippen LogP contribution in [0.3, 0.4) is 0 Å². The zero-order valence-electron chi connectivity index (χ0n) is 16.0. The molecule has 0 N–H and O–H groups in total. The Morgan fingerprint density at radius 3 is 1.21 bits per heavy atom. The van der Waals surface area contributed by atoms with E-state index in [9.17, 15) is 4.79 Å². The molecule has 10 radical (unpaired) electrons. The maximum Gasteiger partial charge on any atom is 0.142 e. The van der Waals surface area contributed by atoms with Crippen molar-refractivity contribution in [1.82, 2.24) is 0 Å². The van der Waals surface area contributed by atoms with Crippen LogP contribution in [-0.4, -0.2) is 21.9 Å². The summed E-state index contributed by atoms with van der Waals surface area (Å²) in [5.74, 6) is 3.44.